The van der Waals surface area contributed by atoms with Crippen molar-refractivity contribution in [3.05, 3.63) is 42.1 Å². The first-order chi connectivity index (χ1) is 13.8. The predicted molar refractivity (Wildman–Crippen MR) is 108 cm³/mol. The van der Waals surface area contributed by atoms with Gasteiger partial charge in [0.15, 0.2) is 12.3 Å². The molecule has 7 nitrogen and oxygen atoms in total. The summed E-state index contributed by atoms with van der Waals surface area (Å²) in [6, 6.07) is 7.29. The van der Waals surface area contributed by atoms with Gasteiger partial charge in [0.2, 0.25) is 5.89 Å². The lowest BCUT2D eigenvalue weighted by atomic mass is 9.65. The van der Waals surface area contributed by atoms with Crippen LogP contribution < -0.4 is 9.47 Å². The molecule has 2 fully saturated rings. The number of likely N-dealkylation sites (tertiary alicyclic amines) is 2. The highest BCUT2D eigenvalue weighted by Crippen LogP contribution is 2.45. The number of nitrogens with zero attached hydrogens (tertiary/aromatic N) is 3. The van der Waals surface area contributed by atoms with E-state index >= 15 is 0 Å². The Bertz CT molecular complexity index is 860. The molecular formula is C22H29N3O4. The van der Waals surface area contributed by atoms with Crippen LogP contribution in [0.5, 0.6) is 11.5 Å². The van der Waals surface area contributed by atoms with Crippen LogP contribution in [-0.4, -0.2) is 61.0 Å². The van der Waals surface area contributed by atoms with Gasteiger partial charge in [-0.3, -0.25) is 4.79 Å². The van der Waals surface area contributed by atoms with Crippen molar-refractivity contribution in [3.63, 3.8) is 0 Å². The van der Waals surface area contributed by atoms with Gasteiger partial charge in [-0.2, -0.15) is 0 Å². The van der Waals surface area contributed by atoms with Crippen LogP contribution in [0.15, 0.2) is 34.9 Å². The van der Waals surface area contributed by atoms with Crippen LogP contribution in [0.25, 0.3) is 0 Å². The van der Waals surface area contributed by atoms with Crippen molar-refractivity contribution in [3.8, 4) is 11.5 Å². The molecule has 2 saturated heterocycles. The summed E-state index contributed by atoms with van der Waals surface area (Å²) in [6.07, 6.45) is 2.59. The molecule has 2 aliphatic heterocycles. The minimum atomic E-state index is -0.0637. The zero-order valence-corrected chi connectivity index (χ0v) is 17.6. The molecule has 0 aliphatic carbocycles. The highest BCUT2D eigenvalue weighted by molar-refractivity contribution is 5.92. The molecule has 0 radical (unpaired) electrons. The van der Waals surface area contributed by atoms with Crippen molar-refractivity contribution >= 4 is 5.91 Å². The van der Waals surface area contributed by atoms with Crippen molar-refractivity contribution in [1.82, 2.24) is 14.8 Å². The average Bonchev–Trinajstić information content (AvgIpc) is 3.12. The molecule has 2 aromatic rings. The Morgan fingerprint density at radius 1 is 1.10 bits per heavy atom. The van der Waals surface area contributed by atoms with Gasteiger partial charge in [0.1, 0.15) is 17.8 Å². The van der Waals surface area contributed by atoms with E-state index in [1.807, 2.05) is 29.2 Å². The highest BCUT2D eigenvalue weighted by Gasteiger charge is 2.48. The van der Waals surface area contributed by atoms with Crippen molar-refractivity contribution in [1.29, 1.82) is 0 Å². The number of hydrogen-bond donors (Lipinski definition) is 0. The van der Waals surface area contributed by atoms with Gasteiger partial charge in [-0.05, 0) is 48.6 Å². The summed E-state index contributed by atoms with van der Waals surface area (Å²) in [5.74, 6) is 1.77. The smallest absolute Gasteiger partial charge is 0.275 e. The number of hydrogen-bond acceptors (Lipinski definition) is 6. The van der Waals surface area contributed by atoms with Gasteiger partial charge in [0.05, 0.1) is 7.11 Å². The topological polar surface area (TPSA) is 68.0 Å². The number of piperidine rings is 2. The first-order valence-corrected chi connectivity index (χ1v) is 9.97. The maximum Gasteiger partial charge on any atom is 0.275 e. The lowest BCUT2D eigenvalue weighted by Gasteiger charge is -2.56. The molecule has 7 heteroatoms. The highest BCUT2D eigenvalue weighted by atomic mass is 16.5. The molecule has 156 valence electrons. The number of fused-ring (bicyclic) bond motifs is 2. The van der Waals surface area contributed by atoms with E-state index in [1.54, 1.807) is 7.11 Å². The Hall–Kier alpha value is -2.54. The van der Waals surface area contributed by atoms with E-state index in [2.05, 4.69) is 30.8 Å². The van der Waals surface area contributed by atoms with Crippen LogP contribution in [0.1, 0.15) is 36.6 Å². The average molecular weight is 399 g/mol. The number of amides is 1. The molecule has 3 heterocycles. The maximum absolute atomic E-state index is 13.1. The van der Waals surface area contributed by atoms with Gasteiger partial charge in [-0.25, -0.2) is 4.98 Å². The number of ether oxygens (including phenoxy) is 2. The molecule has 0 N–H and O–H groups in total. The van der Waals surface area contributed by atoms with Crippen molar-refractivity contribution in [2.24, 2.45) is 10.8 Å². The Morgan fingerprint density at radius 2 is 1.72 bits per heavy atom. The predicted octanol–water partition coefficient (Wildman–Crippen LogP) is 3.07. The fourth-order valence-corrected chi connectivity index (χ4v) is 5.29. The van der Waals surface area contributed by atoms with Crippen LogP contribution in [0.2, 0.25) is 0 Å². The second-order valence-corrected chi connectivity index (χ2v) is 9.22. The van der Waals surface area contributed by atoms with E-state index in [0.29, 0.717) is 17.3 Å². The molecule has 4 rings (SSSR count). The van der Waals surface area contributed by atoms with Crippen LogP contribution in [0, 0.1) is 10.8 Å². The van der Waals surface area contributed by atoms with Crippen molar-refractivity contribution in [2.75, 3.05) is 40.3 Å². The first-order valence-electron chi connectivity index (χ1n) is 9.97. The van der Waals surface area contributed by atoms with Gasteiger partial charge in [0.25, 0.3) is 5.91 Å². The SMILES string of the molecule is COc1ccc(OCc2nc(C(=O)N3C[C@]4(C)CN(C)C[C@](C)(C3)C4)co2)cc1. The van der Waals surface area contributed by atoms with E-state index in [9.17, 15) is 4.79 Å². The summed E-state index contributed by atoms with van der Waals surface area (Å²) < 4.78 is 16.3. The van der Waals surface area contributed by atoms with Crippen LogP contribution in [-0.2, 0) is 6.61 Å². The third-order valence-corrected chi connectivity index (χ3v) is 5.78. The van der Waals surface area contributed by atoms with Gasteiger partial charge < -0.3 is 23.7 Å². The molecule has 1 aromatic carbocycles. The van der Waals surface area contributed by atoms with Gasteiger partial charge in [0, 0.05) is 26.2 Å². The Labute approximate surface area is 171 Å². The largest absolute Gasteiger partial charge is 0.497 e. The van der Waals surface area contributed by atoms with Gasteiger partial charge in [-0.15, -0.1) is 0 Å². The summed E-state index contributed by atoms with van der Waals surface area (Å²) in [7, 11) is 3.79. The normalized spacial score (nSPS) is 27.0. The molecule has 29 heavy (non-hydrogen) atoms. The zero-order chi connectivity index (χ0) is 20.6. The molecule has 1 amide bonds. The Balaban J connectivity index is 1.40. The molecule has 0 spiro atoms. The Kier molecular flexibility index (Phi) is 5.02. The molecule has 0 unspecified atom stereocenters. The lowest BCUT2D eigenvalue weighted by molar-refractivity contribution is -0.0555. The number of carbonyl (C=O) groups is 1. The summed E-state index contributed by atoms with van der Waals surface area (Å²) in [6.45, 7) is 8.22. The third kappa shape index (κ3) is 4.24. The van der Waals surface area contributed by atoms with E-state index in [0.717, 1.165) is 38.3 Å². The minimum absolute atomic E-state index is 0.0637. The van der Waals surface area contributed by atoms with E-state index in [4.69, 9.17) is 13.9 Å². The van der Waals surface area contributed by atoms with Gasteiger partial charge in [-0.1, -0.05) is 13.8 Å². The summed E-state index contributed by atoms with van der Waals surface area (Å²) in [5, 5.41) is 0. The quantitative estimate of drug-likeness (QED) is 0.770. The zero-order valence-electron chi connectivity index (χ0n) is 17.6. The minimum Gasteiger partial charge on any atom is -0.497 e. The third-order valence-electron chi connectivity index (χ3n) is 5.78. The number of methoxy groups -OCH3 is 1. The van der Waals surface area contributed by atoms with Crippen LogP contribution in [0.4, 0.5) is 0 Å². The molecule has 2 aliphatic rings. The van der Waals surface area contributed by atoms with E-state index < -0.39 is 0 Å². The second kappa shape index (κ2) is 7.37. The second-order valence-electron chi connectivity index (χ2n) is 9.22. The number of oxazole rings is 1. The van der Waals surface area contributed by atoms with E-state index in [-0.39, 0.29) is 23.3 Å². The molecule has 2 bridgehead atoms. The Morgan fingerprint density at radius 3 is 2.34 bits per heavy atom. The summed E-state index contributed by atoms with van der Waals surface area (Å²) >= 11 is 0. The first kappa shape index (κ1) is 19.8. The van der Waals surface area contributed by atoms with Crippen LogP contribution in [0.3, 0.4) is 0 Å². The maximum atomic E-state index is 13.1. The molecule has 0 saturated carbocycles. The molecular weight excluding hydrogens is 370 g/mol. The van der Waals surface area contributed by atoms with E-state index in [1.165, 1.54) is 6.26 Å². The number of rotatable bonds is 5. The fraction of sp³-hybridized carbons (Fsp3) is 0.545. The summed E-state index contributed by atoms with van der Waals surface area (Å²) in [4.78, 5) is 21.8. The van der Waals surface area contributed by atoms with Crippen molar-refractivity contribution < 1.29 is 18.7 Å². The molecule has 2 atom stereocenters. The number of carbonyl (C=O) groups excluding carboxylic acids is 1. The molecule has 1 aromatic heterocycles. The number of benzene rings is 1. The van der Waals surface area contributed by atoms with Crippen LogP contribution >= 0.6 is 0 Å². The van der Waals surface area contributed by atoms with Crippen molar-refractivity contribution in [2.45, 2.75) is 26.9 Å². The fourth-order valence-electron chi connectivity index (χ4n) is 5.29. The monoisotopic (exact) mass is 399 g/mol. The standard InChI is InChI=1S/C22H29N3O4/c1-21-11-22(2,13-24(3)12-21)15-25(14-21)20(26)18-9-29-19(23-18)10-28-17-7-5-16(27-4)6-8-17/h5-9H,10-15H2,1-4H3/t21-,22+. The van der Waals surface area contributed by atoms with Gasteiger partial charge >= 0.3 is 0 Å². The lowest BCUT2D eigenvalue weighted by Crippen LogP contribution is -2.62. The summed E-state index contributed by atoms with van der Waals surface area (Å²) in [5.41, 5.74) is 0.568. The number of aromatic nitrogens is 1.